The van der Waals surface area contributed by atoms with Crippen LogP contribution in [0.25, 0.3) is 0 Å². The first-order chi connectivity index (χ1) is 9.21. The van der Waals surface area contributed by atoms with Gasteiger partial charge in [-0.15, -0.1) is 0 Å². The average Bonchev–Trinajstić information content (AvgIpc) is 2.37. The van der Waals surface area contributed by atoms with E-state index in [1.807, 2.05) is 6.92 Å². The van der Waals surface area contributed by atoms with E-state index in [0.717, 1.165) is 22.9 Å². The summed E-state index contributed by atoms with van der Waals surface area (Å²) in [5, 5.41) is 11.0. The van der Waals surface area contributed by atoms with Crippen molar-refractivity contribution in [3.05, 3.63) is 28.3 Å². The molecule has 1 aromatic carbocycles. The minimum absolute atomic E-state index is 0.172. The number of nitrogen functional groups attached to an aromatic ring is 1. The van der Waals surface area contributed by atoms with Crippen LogP contribution in [0.5, 0.6) is 0 Å². The first-order valence-corrected chi connectivity index (χ1v) is 7.67. The zero-order chi connectivity index (χ0) is 15.5. The van der Waals surface area contributed by atoms with E-state index in [0.29, 0.717) is 6.42 Å². The number of nitrogens with two attached hydrogens (primary N) is 1. The van der Waals surface area contributed by atoms with Crippen molar-refractivity contribution in [1.82, 2.24) is 4.31 Å². The molecule has 1 unspecified atom stereocenters. The van der Waals surface area contributed by atoms with Gasteiger partial charge in [0.15, 0.2) is 4.90 Å². The van der Waals surface area contributed by atoms with E-state index in [1.165, 1.54) is 13.1 Å². The molecule has 1 atom stereocenters. The summed E-state index contributed by atoms with van der Waals surface area (Å²) >= 11 is 0. The number of hydrogen-bond acceptors (Lipinski definition) is 5. The molecular weight excluding hydrogens is 282 g/mol. The number of anilines is 1. The maximum atomic E-state index is 12.5. The molecule has 0 spiro atoms. The average molecular weight is 301 g/mol. The molecule has 0 amide bonds. The molecule has 1 aromatic rings. The van der Waals surface area contributed by atoms with Crippen LogP contribution in [-0.4, -0.2) is 30.7 Å². The molecule has 0 fully saturated rings. The van der Waals surface area contributed by atoms with E-state index in [2.05, 4.69) is 0 Å². The van der Waals surface area contributed by atoms with Gasteiger partial charge in [0.1, 0.15) is 0 Å². The van der Waals surface area contributed by atoms with Crippen molar-refractivity contribution >= 4 is 21.4 Å². The third-order valence-corrected chi connectivity index (χ3v) is 5.17. The molecule has 0 aliphatic carbocycles. The van der Waals surface area contributed by atoms with E-state index >= 15 is 0 Å². The van der Waals surface area contributed by atoms with Crippen molar-refractivity contribution in [3.63, 3.8) is 0 Å². The van der Waals surface area contributed by atoms with Gasteiger partial charge in [-0.3, -0.25) is 10.1 Å². The lowest BCUT2D eigenvalue weighted by atomic mass is 10.2. The summed E-state index contributed by atoms with van der Waals surface area (Å²) in [4.78, 5) is 9.89. The van der Waals surface area contributed by atoms with Gasteiger partial charge in [0, 0.05) is 24.8 Å². The van der Waals surface area contributed by atoms with Crippen molar-refractivity contribution in [3.8, 4) is 0 Å². The lowest BCUT2D eigenvalue weighted by Gasteiger charge is -2.23. The molecule has 0 aromatic heterocycles. The second-order valence-electron chi connectivity index (χ2n) is 4.64. The van der Waals surface area contributed by atoms with Crippen LogP contribution in [0.1, 0.15) is 26.7 Å². The second kappa shape index (κ2) is 6.19. The van der Waals surface area contributed by atoms with Crippen molar-refractivity contribution in [1.29, 1.82) is 0 Å². The van der Waals surface area contributed by atoms with E-state index in [-0.39, 0.29) is 16.6 Å². The van der Waals surface area contributed by atoms with E-state index < -0.39 is 20.6 Å². The van der Waals surface area contributed by atoms with Gasteiger partial charge in [0.25, 0.3) is 5.69 Å². The highest BCUT2D eigenvalue weighted by Gasteiger charge is 2.31. The molecule has 2 N–H and O–H groups in total. The van der Waals surface area contributed by atoms with Gasteiger partial charge in [0.2, 0.25) is 10.0 Å². The monoisotopic (exact) mass is 301 g/mol. The van der Waals surface area contributed by atoms with Gasteiger partial charge in [0.05, 0.1) is 4.92 Å². The summed E-state index contributed by atoms with van der Waals surface area (Å²) in [5.74, 6) is 0. The molecule has 0 heterocycles. The molecule has 0 saturated heterocycles. The Bertz CT molecular complexity index is 601. The van der Waals surface area contributed by atoms with Gasteiger partial charge in [-0.25, -0.2) is 8.42 Å². The molecule has 7 nitrogen and oxygen atoms in total. The standard InChI is InChI=1S/C12H19N3O4S/c1-4-5-9(2)14(3)20(18,19)12-8-10(13)6-7-11(12)15(16)17/h6-9H,4-5,13H2,1-3H3. The Hall–Kier alpha value is -1.67. The number of nitrogens with zero attached hydrogens (tertiary/aromatic N) is 2. The maximum absolute atomic E-state index is 12.5. The predicted molar refractivity (Wildman–Crippen MR) is 76.8 cm³/mol. The predicted octanol–water partition coefficient (Wildman–Crippen LogP) is 1.99. The lowest BCUT2D eigenvalue weighted by molar-refractivity contribution is -0.387. The highest BCUT2D eigenvalue weighted by atomic mass is 32.2. The summed E-state index contributed by atoms with van der Waals surface area (Å²) in [5.41, 5.74) is 5.26. The van der Waals surface area contributed by atoms with Gasteiger partial charge in [-0.2, -0.15) is 4.31 Å². The molecule has 112 valence electrons. The number of sulfonamides is 1. The maximum Gasteiger partial charge on any atom is 0.289 e. The summed E-state index contributed by atoms with van der Waals surface area (Å²) in [7, 11) is -2.53. The highest BCUT2D eigenvalue weighted by Crippen LogP contribution is 2.29. The zero-order valence-electron chi connectivity index (χ0n) is 11.7. The summed E-state index contributed by atoms with van der Waals surface area (Å²) in [6.45, 7) is 3.71. The number of nitro benzene ring substituents is 1. The molecule has 0 aliphatic heterocycles. The van der Waals surface area contributed by atoms with Crippen LogP contribution in [-0.2, 0) is 10.0 Å². The van der Waals surface area contributed by atoms with E-state index in [9.17, 15) is 18.5 Å². The third kappa shape index (κ3) is 3.26. The minimum atomic E-state index is -3.95. The Kier molecular flexibility index (Phi) is 5.07. The normalized spacial score (nSPS) is 13.4. The van der Waals surface area contributed by atoms with Crippen LogP contribution >= 0.6 is 0 Å². The van der Waals surface area contributed by atoms with Crippen molar-refractivity contribution in [2.45, 2.75) is 37.6 Å². The van der Waals surface area contributed by atoms with Crippen LogP contribution in [0.15, 0.2) is 23.1 Å². The smallest absolute Gasteiger partial charge is 0.289 e. The molecule has 0 saturated carbocycles. The Morgan fingerprint density at radius 3 is 2.55 bits per heavy atom. The molecule has 8 heteroatoms. The van der Waals surface area contributed by atoms with E-state index in [4.69, 9.17) is 5.73 Å². The number of rotatable bonds is 6. The second-order valence-corrected chi connectivity index (χ2v) is 6.61. The topological polar surface area (TPSA) is 107 Å². The van der Waals surface area contributed by atoms with Crippen molar-refractivity contribution in [2.75, 3.05) is 12.8 Å². The summed E-state index contributed by atoms with van der Waals surface area (Å²) < 4.78 is 26.1. The van der Waals surface area contributed by atoms with Crippen LogP contribution in [0.3, 0.4) is 0 Å². The lowest BCUT2D eigenvalue weighted by Crippen LogP contribution is -2.35. The third-order valence-electron chi connectivity index (χ3n) is 3.16. The van der Waals surface area contributed by atoms with Crippen LogP contribution in [0.4, 0.5) is 11.4 Å². The fourth-order valence-electron chi connectivity index (χ4n) is 1.88. The van der Waals surface area contributed by atoms with Gasteiger partial charge >= 0.3 is 0 Å². The highest BCUT2D eigenvalue weighted by molar-refractivity contribution is 7.89. The van der Waals surface area contributed by atoms with Gasteiger partial charge < -0.3 is 5.73 Å². The van der Waals surface area contributed by atoms with Crippen LogP contribution < -0.4 is 5.73 Å². The number of benzene rings is 1. The van der Waals surface area contributed by atoms with Crippen molar-refractivity contribution in [2.24, 2.45) is 0 Å². The number of nitro groups is 1. The van der Waals surface area contributed by atoms with Crippen LogP contribution in [0.2, 0.25) is 0 Å². The Labute approximate surface area is 118 Å². The molecule has 20 heavy (non-hydrogen) atoms. The SMILES string of the molecule is CCCC(C)N(C)S(=O)(=O)c1cc(N)ccc1[N+](=O)[O-]. The first-order valence-electron chi connectivity index (χ1n) is 6.23. The van der Waals surface area contributed by atoms with Gasteiger partial charge in [-0.1, -0.05) is 13.3 Å². The van der Waals surface area contributed by atoms with Gasteiger partial charge in [-0.05, 0) is 25.5 Å². The summed E-state index contributed by atoms with van der Waals surface area (Å²) in [6.07, 6.45) is 1.49. The van der Waals surface area contributed by atoms with Crippen LogP contribution in [0, 0.1) is 10.1 Å². The minimum Gasteiger partial charge on any atom is -0.399 e. The van der Waals surface area contributed by atoms with Crippen molar-refractivity contribution < 1.29 is 13.3 Å². The fourth-order valence-corrected chi connectivity index (χ4v) is 3.46. The quantitative estimate of drug-likeness (QED) is 0.491. The Balaban J connectivity index is 3.34. The number of hydrogen-bond donors (Lipinski definition) is 1. The molecule has 0 radical (unpaired) electrons. The molecule has 0 bridgehead atoms. The largest absolute Gasteiger partial charge is 0.399 e. The Morgan fingerprint density at radius 2 is 2.05 bits per heavy atom. The summed E-state index contributed by atoms with van der Waals surface area (Å²) in [6, 6.07) is 3.31. The zero-order valence-corrected chi connectivity index (χ0v) is 12.6. The Morgan fingerprint density at radius 1 is 1.45 bits per heavy atom. The molecule has 1 rings (SSSR count). The molecule has 0 aliphatic rings. The first kappa shape index (κ1) is 16.4. The molecular formula is C12H19N3O4S. The fraction of sp³-hybridized carbons (Fsp3) is 0.500. The van der Waals surface area contributed by atoms with E-state index in [1.54, 1.807) is 6.92 Å².